The van der Waals surface area contributed by atoms with Gasteiger partial charge in [0, 0.05) is 11.6 Å². The number of hydrogen-bond donors (Lipinski definition) is 2. The molecule has 2 aromatic heterocycles. The summed E-state index contributed by atoms with van der Waals surface area (Å²) in [5.41, 5.74) is -0.518. The molecule has 0 spiro atoms. The molecule has 0 aliphatic carbocycles. The fraction of sp³-hybridized carbons (Fsp3) is 0.111. The molecule has 0 saturated carbocycles. The van der Waals surface area contributed by atoms with Gasteiger partial charge in [0.1, 0.15) is 11.3 Å². The molecule has 7 heteroatoms. The van der Waals surface area contributed by atoms with E-state index >= 15 is 0 Å². The molecule has 0 bridgehead atoms. The predicted molar refractivity (Wildman–Crippen MR) is 57.7 cm³/mol. The number of carboxylic acids is 1. The molecule has 0 saturated heterocycles. The lowest BCUT2D eigenvalue weighted by molar-refractivity contribution is 0.0694. The van der Waals surface area contributed by atoms with E-state index in [-0.39, 0.29) is 11.4 Å². The first-order valence-corrected chi connectivity index (χ1v) is 5.21. The number of nitrogens with zero attached hydrogens (tertiary/aromatic N) is 2. The second kappa shape index (κ2) is 3.86. The van der Waals surface area contributed by atoms with Crippen LogP contribution in [0, 0.1) is 6.92 Å². The van der Waals surface area contributed by atoms with Gasteiger partial charge in [-0.25, -0.2) is 14.8 Å². The van der Waals surface area contributed by atoms with Crippen LogP contribution in [0.4, 0.5) is 0 Å². The number of nitrogens with one attached hydrogen (secondary N) is 1. The number of rotatable bonds is 2. The zero-order valence-corrected chi connectivity index (χ0v) is 9.04. The normalized spacial score (nSPS) is 10.3. The maximum atomic E-state index is 11.4. The number of H-pyrrole nitrogens is 1. The number of carbonyl (C=O) groups is 1. The van der Waals surface area contributed by atoms with Crippen LogP contribution in [-0.2, 0) is 0 Å². The molecule has 0 amide bonds. The lowest BCUT2D eigenvalue weighted by Gasteiger charge is -1.96. The van der Waals surface area contributed by atoms with Gasteiger partial charge in [-0.15, -0.1) is 11.3 Å². The minimum Gasteiger partial charge on any atom is -0.477 e. The van der Waals surface area contributed by atoms with Gasteiger partial charge in [-0.2, -0.15) is 0 Å². The fourth-order valence-electron chi connectivity index (χ4n) is 1.15. The van der Waals surface area contributed by atoms with Gasteiger partial charge in [0.15, 0.2) is 5.82 Å². The summed E-state index contributed by atoms with van der Waals surface area (Å²) >= 11 is 1.43. The average molecular weight is 237 g/mol. The SMILES string of the molecule is Cc1nc(-c2ncc(C(=O)O)c(=O)[nH]2)cs1. The summed E-state index contributed by atoms with van der Waals surface area (Å²) < 4.78 is 0. The Balaban J connectivity index is 2.50. The molecule has 6 nitrogen and oxygen atoms in total. The van der Waals surface area contributed by atoms with Crippen LogP contribution in [0.5, 0.6) is 0 Å². The van der Waals surface area contributed by atoms with Crippen LogP contribution in [-0.4, -0.2) is 26.0 Å². The van der Waals surface area contributed by atoms with E-state index < -0.39 is 11.5 Å². The van der Waals surface area contributed by atoms with E-state index in [9.17, 15) is 9.59 Å². The van der Waals surface area contributed by atoms with Gasteiger partial charge < -0.3 is 10.1 Å². The van der Waals surface area contributed by atoms with Gasteiger partial charge in [-0.05, 0) is 6.92 Å². The summed E-state index contributed by atoms with van der Waals surface area (Å²) in [6, 6.07) is 0. The average Bonchev–Trinajstić information content (AvgIpc) is 2.64. The second-order valence-electron chi connectivity index (χ2n) is 3.03. The Morgan fingerprint density at radius 2 is 2.31 bits per heavy atom. The molecule has 0 aromatic carbocycles. The largest absolute Gasteiger partial charge is 0.477 e. The smallest absolute Gasteiger partial charge is 0.342 e. The molecule has 2 heterocycles. The van der Waals surface area contributed by atoms with Crippen LogP contribution in [0.15, 0.2) is 16.4 Å². The van der Waals surface area contributed by atoms with Crippen LogP contribution >= 0.6 is 11.3 Å². The molecule has 0 radical (unpaired) electrons. The van der Waals surface area contributed by atoms with Crippen molar-refractivity contribution >= 4 is 17.3 Å². The van der Waals surface area contributed by atoms with Crippen molar-refractivity contribution in [1.82, 2.24) is 15.0 Å². The number of aromatic carboxylic acids is 1. The molecule has 0 aliphatic rings. The number of hydrogen-bond acceptors (Lipinski definition) is 5. The zero-order chi connectivity index (χ0) is 11.7. The predicted octanol–water partition coefficient (Wildman–Crippen LogP) is 0.900. The molecule has 2 aromatic rings. The van der Waals surface area contributed by atoms with Crippen molar-refractivity contribution in [3.8, 4) is 11.5 Å². The third kappa shape index (κ3) is 1.84. The first kappa shape index (κ1) is 10.5. The van der Waals surface area contributed by atoms with E-state index in [2.05, 4.69) is 15.0 Å². The monoisotopic (exact) mass is 237 g/mol. The van der Waals surface area contributed by atoms with Crippen molar-refractivity contribution < 1.29 is 9.90 Å². The lowest BCUT2D eigenvalue weighted by Crippen LogP contribution is -2.18. The quantitative estimate of drug-likeness (QED) is 0.808. The zero-order valence-electron chi connectivity index (χ0n) is 8.22. The van der Waals surface area contributed by atoms with Crippen molar-refractivity contribution in [3.05, 3.63) is 32.5 Å². The molecule has 0 aliphatic heterocycles. The lowest BCUT2D eigenvalue weighted by atomic mass is 10.3. The maximum Gasteiger partial charge on any atom is 0.342 e. The minimum absolute atomic E-state index is 0.277. The van der Waals surface area contributed by atoms with Crippen LogP contribution in [0.25, 0.3) is 11.5 Å². The van der Waals surface area contributed by atoms with Crippen LogP contribution in [0.2, 0.25) is 0 Å². The summed E-state index contributed by atoms with van der Waals surface area (Å²) in [6.45, 7) is 1.83. The van der Waals surface area contributed by atoms with Gasteiger partial charge in [-0.3, -0.25) is 4.79 Å². The number of thiazole rings is 1. The first-order valence-electron chi connectivity index (χ1n) is 4.33. The van der Waals surface area contributed by atoms with Gasteiger partial charge in [0.05, 0.1) is 5.01 Å². The molecular formula is C9H7N3O3S. The molecule has 82 valence electrons. The van der Waals surface area contributed by atoms with E-state index in [1.54, 1.807) is 5.38 Å². The third-order valence-corrected chi connectivity index (χ3v) is 2.66. The molecule has 0 fully saturated rings. The van der Waals surface area contributed by atoms with Gasteiger partial charge in [-0.1, -0.05) is 0 Å². The number of aromatic amines is 1. The highest BCUT2D eigenvalue weighted by atomic mass is 32.1. The number of aromatic nitrogens is 3. The van der Waals surface area contributed by atoms with E-state index in [1.807, 2.05) is 6.92 Å². The van der Waals surface area contributed by atoms with E-state index in [4.69, 9.17) is 5.11 Å². The van der Waals surface area contributed by atoms with Crippen molar-refractivity contribution in [2.75, 3.05) is 0 Å². The molecule has 0 atom stereocenters. The third-order valence-electron chi connectivity index (χ3n) is 1.89. The fourth-order valence-corrected chi connectivity index (χ4v) is 1.75. The highest BCUT2D eigenvalue weighted by Gasteiger charge is 2.11. The highest BCUT2D eigenvalue weighted by Crippen LogP contribution is 2.16. The Labute approximate surface area is 93.6 Å². The Morgan fingerprint density at radius 3 is 2.81 bits per heavy atom. The highest BCUT2D eigenvalue weighted by molar-refractivity contribution is 7.09. The minimum atomic E-state index is -1.30. The van der Waals surface area contributed by atoms with E-state index in [1.165, 1.54) is 11.3 Å². The van der Waals surface area contributed by atoms with Crippen LogP contribution < -0.4 is 5.56 Å². The first-order chi connectivity index (χ1) is 7.58. The molecule has 2 rings (SSSR count). The maximum absolute atomic E-state index is 11.4. The summed E-state index contributed by atoms with van der Waals surface area (Å²) in [5.74, 6) is -1.02. The molecule has 0 unspecified atom stereocenters. The van der Waals surface area contributed by atoms with Gasteiger partial charge in [0.2, 0.25) is 0 Å². The number of carboxylic acid groups (broad SMARTS) is 1. The van der Waals surface area contributed by atoms with Crippen LogP contribution in [0.1, 0.15) is 15.4 Å². The van der Waals surface area contributed by atoms with Crippen molar-refractivity contribution in [1.29, 1.82) is 0 Å². The topological polar surface area (TPSA) is 95.9 Å². The van der Waals surface area contributed by atoms with Gasteiger partial charge in [0.25, 0.3) is 5.56 Å². The van der Waals surface area contributed by atoms with Crippen molar-refractivity contribution in [2.45, 2.75) is 6.92 Å². The Hall–Kier alpha value is -2.02. The van der Waals surface area contributed by atoms with Crippen molar-refractivity contribution in [2.24, 2.45) is 0 Å². The summed E-state index contributed by atoms with van der Waals surface area (Å²) in [7, 11) is 0. The molecule has 16 heavy (non-hydrogen) atoms. The second-order valence-corrected chi connectivity index (χ2v) is 4.09. The number of aryl methyl sites for hydroxylation is 1. The van der Waals surface area contributed by atoms with E-state index in [0.29, 0.717) is 5.69 Å². The van der Waals surface area contributed by atoms with E-state index in [0.717, 1.165) is 11.2 Å². The Bertz CT molecular complexity index is 602. The standard InChI is InChI=1S/C9H7N3O3S/c1-4-11-6(3-16-4)7-10-2-5(9(14)15)8(13)12-7/h2-3H,1H3,(H,14,15)(H,10,12,13). The molecule has 2 N–H and O–H groups in total. The van der Waals surface area contributed by atoms with Crippen LogP contribution in [0.3, 0.4) is 0 Å². The Morgan fingerprint density at radius 1 is 1.56 bits per heavy atom. The Kier molecular flexibility index (Phi) is 2.53. The van der Waals surface area contributed by atoms with Crippen molar-refractivity contribution in [3.63, 3.8) is 0 Å². The van der Waals surface area contributed by atoms with Gasteiger partial charge >= 0.3 is 5.97 Å². The summed E-state index contributed by atoms with van der Waals surface area (Å²) in [5, 5.41) is 11.2. The summed E-state index contributed by atoms with van der Waals surface area (Å²) in [6.07, 6.45) is 1.03. The molecular weight excluding hydrogens is 230 g/mol. The summed E-state index contributed by atoms with van der Waals surface area (Å²) in [4.78, 5) is 32.3.